The first-order chi connectivity index (χ1) is 12.1. The van der Waals surface area contributed by atoms with Crippen LogP contribution in [0.3, 0.4) is 0 Å². The Bertz CT molecular complexity index is 588. The lowest BCUT2D eigenvalue weighted by Gasteiger charge is -2.32. The topological polar surface area (TPSA) is 49.4 Å². The molecular weight excluding hydrogens is 319 g/mol. The second-order valence-corrected chi connectivity index (χ2v) is 7.30. The van der Waals surface area contributed by atoms with Gasteiger partial charge >= 0.3 is 0 Å². The van der Waals surface area contributed by atoms with E-state index in [1.165, 1.54) is 25.0 Å². The minimum absolute atomic E-state index is 0.0204. The van der Waals surface area contributed by atoms with Crippen molar-refractivity contribution in [1.29, 1.82) is 0 Å². The number of halogens is 1. The Balaban J connectivity index is 1.37. The molecule has 0 bridgehead atoms. The van der Waals surface area contributed by atoms with Gasteiger partial charge < -0.3 is 10.2 Å². The van der Waals surface area contributed by atoms with E-state index in [0.717, 1.165) is 51.7 Å². The van der Waals surface area contributed by atoms with Crippen LogP contribution in [0.1, 0.15) is 55.3 Å². The number of carbonyl (C=O) groups is 2. The van der Waals surface area contributed by atoms with Gasteiger partial charge in [0.2, 0.25) is 5.91 Å². The van der Waals surface area contributed by atoms with Crippen LogP contribution in [-0.2, 0) is 4.79 Å². The summed E-state index contributed by atoms with van der Waals surface area (Å²) in [5.41, 5.74) is 0.545. The maximum absolute atomic E-state index is 13.0. The van der Waals surface area contributed by atoms with Crippen molar-refractivity contribution < 1.29 is 14.0 Å². The summed E-state index contributed by atoms with van der Waals surface area (Å²) >= 11 is 0. The molecule has 1 saturated carbocycles. The molecule has 1 aliphatic carbocycles. The number of hydrogen-bond acceptors (Lipinski definition) is 2. The second kappa shape index (κ2) is 8.45. The Labute approximate surface area is 148 Å². The molecular formula is C20H27FN2O2. The normalized spacial score (nSPS) is 19.2. The van der Waals surface area contributed by atoms with Gasteiger partial charge in [0, 0.05) is 31.1 Å². The summed E-state index contributed by atoms with van der Waals surface area (Å²) in [6.45, 7) is 2.21. The van der Waals surface area contributed by atoms with Gasteiger partial charge in [0.05, 0.1) is 0 Å². The van der Waals surface area contributed by atoms with Crippen LogP contribution in [0.25, 0.3) is 0 Å². The lowest BCUT2D eigenvalue weighted by molar-refractivity contribution is -0.124. The van der Waals surface area contributed by atoms with Crippen LogP contribution >= 0.6 is 0 Å². The lowest BCUT2D eigenvalue weighted by Crippen LogP contribution is -2.39. The third-order valence-electron chi connectivity index (χ3n) is 5.57. The highest BCUT2D eigenvalue weighted by Crippen LogP contribution is 2.25. The molecule has 0 spiro atoms. The molecule has 2 fully saturated rings. The average molecular weight is 346 g/mol. The molecule has 0 unspecified atom stereocenters. The zero-order valence-corrected chi connectivity index (χ0v) is 14.7. The van der Waals surface area contributed by atoms with Crippen LogP contribution in [-0.4, -0.2) is 36.3 Å². The maximum atomic E-state index is 13.0. The van der Waals surface area contributed by atoms with Crippen molar-refractivity contribution in [2.45, 2.75) is 44.9 Å². The number of likely N-dealkylation sites (tertiary alicyclic amines) is 1. The van der Waals surface area contributed by atoms with Gasteiger partial charge in [-0.2, -0.15) is 0 Å². The van der Waals surface area contributed by atoms with Crippen molar-refractivity contribution in [3.05, 3.63) is 35.6 Å². The fraction of sp³-hybridized carbons (Fsp3) is 0.600. The van der Waals surface area contributed by atoms with Gasteiger partial charge in [-0.15, -0.1) is 0 Å². The number of amides is 2. The summed E-state index contributed by atoms with van der Waals surface area (Å²) in [6, 6.07) is 5.74. The number of rotatable bonds is 5. The van der Waals surface area contributed by atoms with Crippen molar-refractivity contribution in [3.63, 3.8) is 0 Å². The van der Waals surface area contributed by atoms with Crippen molar-refractivity contribution in [3.8, 4) is 0 Å². The highest BCUT2D eigenvalue weighted by atomic mass is 19.1. The minimum atomic E-state index is -0.324. The first-order valence-electron chi connectivity index (χ1n) is 9.46. The molecule has 1 aromatic carbocycles. The van der Waals surface area contributed by atoms with E-state index in [-0.39, 0.29) is 23.5 Å². The summed E-state index contributed by atoms with van der Waals surface area (Å²) in [5.74, 6) is 0.667. The number of nitrogens with zero attached hydrogens (tertiary/aromatic N) is 1. The molecule has 1 N–H and O–H groups in total. The first-order valence-corrected chi connectivity index (χ1v) is 9.46. The smallest absolute Gasteiger partial charge is 0.253 e. The van der Waals surface area contributed by atoms with E-state index in [2.05, 4.69) is 5.32 Å². The highest BCUT2D eigenvalue weighted by Gasteiger charge is 2.25. The molecule has 3 rings (SSSR count). The van der Waals surface area contributed by atoms with Crippen LogP contribution in [0, 0.1) is 17.7 Å². The SMILES string of the molecule is O=C(NCCC1CCN(C(=O)c2ccc(F)cc2)CC1)C1CCCC1. The molecule has 136 valence electrons. The molecule has 2 aliphatic rings. The molecule has 0 atom stereocenters. The monoisotopic (exact) mass is 346 g/mol. The Morgan fingerprint density at radius 1 is 1.04 bits per heavy atom. The molecule has 0 aromatic heterocycles. The van der Waals surface area contributed by atoms with Gasteiger partial charge in [0.25, 0.3) is 5.91 Å². The van der Waals surface area contributed by atoms with Gasteiger partial charge in [0.1, 0.15) is 5.82 Å². The van der Waals surface area contributed by atoms with Crippen molar-refractivity contribution in [2.24, 2.45) is 11.8 Å². The standard InChI is InChI=1S/C20H27FN2O2/c21-18-7-5-17(6-8-18)20(25)23-13-10-15(11-14-23)9-12-22-19(24)16-3-1-2-4-16/h5-8,15-16H,1-4,9-14H2,(H,22,24). The van der Waals surface area contributed by atoms with Gasteiger partial charge in [-0.1, -0.05) is 12.8 Å². The van der Waals surface area contributed by atoms with Crippen molar-refractivity contribution in [2.75, 3.05) is 19.6 Å². The molecule has 2 amide bonds. The maximum Gasteiger partial charge on any atom is 0.253 e. The summed E-state index contributed by atoms with van der Waals surface area (Å²) in [5, 5.41) is 3.08. The third kappa shape index (κ3) is 4.80. The molecule has 25 heavy (non-hydrogen) atoms. The predicted molar refractivity (Wildman–Crippen MR) is 94.6 cm³/mol. The predicted octanol–water partition coefficient (Wildman–Crippen LogP) is 3.37. The minimum Gasteiger partial charge on any atom is -0.356 e. The zero-order chi connectivity index (χ0) is 17.6. The van der Waals surface area contributed by atoms with Crippen LogP contribution in [0.5, 0.6) is 0 Å². The largest absolute Gasteiger partial charge is 0.356 e. The molecule has 0 radical (unpaired) electrons. The quantitative estimate of drug-likeness (QED) is 0.889. The van der Waals surface area contributed by atoms with Crippen LogP contribution in [0.15, 0.2) is 24.3 Å². The van der Waals surface area contributed by atoms with Gasteiger partial charge in [-0.05, 0) is 62.3 Å². The second-order valence-electron chi connectivity index (χ2n) is 7.30. The van der Waals surface area contributed by atoms with Gasteiger partial charge in [-0.3, -0.25) is 9.59 Å². The van der Waals surface area contributed by atoms with E-state index in [1.54, 1.807) is 12.1 Å². The molecule has 5 heteroatoms. The van der Waals surface area contributed by atoms with E-state index in [1.807, 2.05) is 4.90 Å². The number of nitrogens with one attached hydrogen (secondary N) is 1. The summed E-state index contributed by atoms with van der Waals surface area (Å²) < 4.78 is 13.0. The zero-order valence-electron chi connectivity index (χ0n) is 14.7. The lowest BCUT2D eigenvalue weighted by atomic mass is 9.93. The molecule has 1 saturated heterocycles. The first kappa shape index (κ1) is 17.9. The van der Waals surface area contributed by atoms with E-state index in [9.17, 15) is 14.0 Å². The van der Waals surface area contributed by atoms with Crippen LogP contribution in [0.2, 0.25) is 0 Å². The summed E-state index contributed by atoms with van der Waals surface area (Å²) in [4.78, 5) is 26.3. The van der Waals surface area contributed by atoms with Crippen LogP contribution < -0.4 is 5.32 Å². The molecule has 1 heterocycles. The molecule has 1 aliphatic heterocycles. The third-order valence-corrected chi connectivity index (χ3v) is 5.57. The highest BCUT2D eigenvalue weighted by molar-refractivity contribution is 5.94. The number of piperidine rings is 1. The Hall–Kier alpha value is -1.91. The van der Waals surface area contributed by atoms with Crippen LogP contribution in [0.4, 0.5) is 4.39 Å². The fourth-order valence-corrected chi connectivity index (χ4v) is 3.93. The number of benzene rings is 1. The van der Waals surface area contributed by atoms with Gasteiger partial charge in [-0.25, -0.2) is 4.39 Å². The van der Waals surface area contributed by atoms with E-state index in [4.69, 9.17) is 0 Å². The Morgan fingerprint density at radius 3 is 2.32 bits per heavy atom. The summed E-state index contributed by atoms with van der Waals surface area (Å²) in [7, 11) is 0. The molecule has 1 aromatic rings. The van der Waals surface area contributed by atoms with Crippen molar-refractivity contribution >= 4 is 11.8 Å². The van der Waals surface area contributed by atoms with E-state index < -0.39 is 0 Å². The average Bonchev–Trinajstić information content (AvgIpc) is 3.17. The van der Waals surface area contributed by atoms with Gasteiger partial charge in [0.15, 0.2) is 0 Å². The number of carbonyl (C=O) groups excluding carboxylic acids is 2. The summed E-state index contributed by atoms with van der Waals surface area (Å²) in [6.07, 6.45) is 7.35. The van der Waals surface area contributed by atoms with E-state index in [0.29, 0.717) is 11.5 Å². The number of hydrogen-bond donors (Lipinski definition) is 1. The van der Waals surface area contributed by atoms with Crippen molar-refractivity contribution in [1.82, 2.24) is 10.2 Å². The Kier molecular flexibility index (Phi) is 6.05. The van der Waals surface area contributed by atoms with E-state index >= 15 is 0 Å². The molecule has 4 nitrogen and oxygen atoms in total. The Morgan fingerprint density at radius 2 is 1.68 bits per heavy atom. The fourth-order valence-electron chi connectivity index (χ4n) is 3.93.